The van der Waals surface area contributed by atoms with Gasteiger partial charge in [-0.05, 0) is 38.5 Å². The van der Waals surface area contributed by atoms with E-state index in [1.54, 1.807) is 25.8 Å². The third-order valence-electron chi connectivity index (χ3n) is 3.34. The van der Waals surface area contributed by atoms with E-state index in [9.17, 15) is 5.11 Å². The highest BCUT2D eigenvalue weighted by Gasteiger charge is 2.14. The molecule has 3 heteroatoms. The third kappa shape index (κ3) is 4.02. The number of ether oxygens (including phenoxy) is 1. The Morgan fingerprint density at radius 2 is 1.81 bits per heavy atom. The summed E-state index contributed by atoms with van der Waals surface area (Å²) in [6.07, 6.45) is -0.539. The smallest absolute Gasteiger partial charge is 0.125 e. The minimum absolute atomic E-state index is 0.539. The van der Waals surface area contributed by atoms with Crippen molar-refractivity contribution in [1.82, 2.24) is 0 Å². The maximum absolute atomic E-state index is 10.0. The van der Waals surface area contributed by atoms with Crippen LogP contribution in [0.3, 0.4) is 0 Å². The summed E-state index contributed by atoms with van der Waals surface area (Å²) in [6.45, 7) is 6.01. The number of aliphatic hydroxyl groups is 1. The minimum atomic E-state index is -0.539. The molecule has 0 heterocycles. The van der Waals surface area contributed by atoms with Crippen LogP contribution in [0.4, 0.5) is 0 Å². The predicted molar refractivity (Wildman–Crippen MR) is 89.1 cm³/mol. The summed E-state index contributed by atoms with van der Waals surface area (Å²) in [7, 11) is 1.64. The zero-order chi connectivity index (χ0) is 15.4. The largest absolute Gasteiger partial charge is 0.496 e. The number of hydrogen-bond donors (Lipinski definition) is 1. The van der Waals surface area contributed by atoms with Crippen LogP contribution in [0.2, 0.25) is 0 Å². The highest BCUT2D eigenvalue weighted by molar-refractivity contribution is 7.98. The monoisotopic (exact) mass is 302 g/mol. The van der Waals surface area contributed by atoms with E-state index >= 15 is 0 Å². The van der Waals surface area contributed by atoms with Crippen LogP contribution in [0.1, 0.15) is 35.3 Å². The van der Waals surface area contributed by atoms with E-state index in [1.807, 2.05) is 18.2 Å². The Morgan fingerprint density at radius 3 is 2.38 bits per heavy atom. The lowest BCUT2D eigenvalue weighted by molar-refractivity contribution is 0.191. The van der Waals surface area contributed by atoms with Crippen LogP contribution in [-0.4, -0.2) is 12.2 Å². The molecular formula is C18H22O2S. The Kier molecular flexibility index (Phi) is 5.32. The first-order valence-corrected chi connectivity index (χ1v) is 8.04. The molecule has 0 saturated heterocycles. The maximum Gasteiger partial charge on any atom is 0.125 e. The summed E-state index contributed by atoms with van der Waals surface area (Å²) < 4.78 is 5.36. The molecule has 2 aromatic carbocycles. The van der Waals surface area contributed by atoms with Crippen molar-refractivity contribution in [1.29, 1.82) is 0 Å². The van der Waals surface area contributed by atoms with Crippen molar-refractivity contribution >= 4 is 11.8 Å². The van der Waals surface area contributed by atoms with Gasteiger partial charge in [-0.1, -0.05) is 35.4 Å². The molecule has 0 fully saturated rings. The maximum atomic E-state index is 10.0. The number of aliphatic hydroxyl groups excluding tert-OH is 1. The lowest BCUT2D eigenvalue weighted by Gasteiger charge is -2.16. The van der Waals surface area contributed by atoms with E-state index in [0.717, 1.165) is 22.0 Å². The molecule has 0 unspecified atom stereocenters. The van der Waals surface area contributed by atoms with Crippen molar-refractivity contribution < 1.29 is 9.84 Å². The van der Waals surface area contributed by atoms with Crippen molar-refractivity contribution in [2.24, 2.45) is 0 Å². The first-order chi connectivity index (χ1) is 10.0. The molecule has 0 amide bonds. The SMILES string of the molecule is COc1cccc(SCc2cc(C)cc(C)c2)c1[C@H](C)O. The normalized spacial score (nSPS) is 12.2. The second-order valence-electron chi connectivity index (χ2n) is 5.33. The number of methoxy groups -OCH3 is 1. The van der Waals surface area contributed by atoms with Gasteiger partial charge in [0.15, 0.2) is 0 Å². The molecule has 0 aliphatic carbocycles. The van der Waals surface area contributed by atoms with Gasteiger partial charge in [0.2, 0.25) is 0 Å². The lowest BCUT2D eigenvalue weighted by Crippen LogP contribution is -1.99. The Hall–Kier alpha value is -1.45. The van der Waals surface area contributed by atoms with Gasteiger partial charge in [0.25, 0.3) is 0 Å². The highest BCUT2D eigenvalue weighted by atomic mass is 32.2. The summed E-state index contributed by atoms with van der Waals surface area (Å²) in [4.78, 5) is 1.07. The Morgan fingerprint density at radius 1 is 1.14 bits per heavy atom. The van der Waals surface area contributed by atoms with Gasteiger partial charge in [0.1, 0.15) is 5.75 Å². The van der Waals surface area contributed by atoms with Gasteiger partial charge in [0, 0.05) is 16.2 Å². The summed E-state index contributed by atoms with van der Waals surface area (Å²) in [6, 6.07) is 12.5. The second kappa shape index (κ2) is 7.01. The van der Waals surface area contributed by atoms with Gasteiger partial charge in [-0.2, -0.15) is 0 Å². The Bertz CT molecular complexity index is 600. The second-order valence-corrected chi connectivity index (χ2v) is 6.35. The number of rotatable bonds is 5. The highest BCUT2D eigenvalue weighted by Crippen LogP contribution is 2.36. The van der Waals surface area contributed by atoms with E-state index in [4.69, 9.17) is 4.74 Å². The first kappa shape index (κ1) is 15.9. The number of benzene rings is 2. The van der Waals surface area contributed by atoms with Gasteiger partial charge in [-0.25, -0.2) is 0 Å². The topological polar surface area (TPSA) is 29.5 Å². The Labute approximate surface area is 131 Å². The van der Waals surface area contributed by atoms with Gasteiger partial charge < -0.3 is 9.84 Å². The van der Waals surface area contributed by atoms with Crippen molar-refractivity contribution in [2.45, 2.75) is 37.5 Å². The van der Waals surface area contributed by atoms with Crippen molar-refractivity contribution in [3.63, 3.8) is 0 Å². The molecule has 0 spiro atoms. The molecule has 2 aromatic rings. The molecular weight excluding hydrogens is 280 g/mol. The van der Waals surface area contributed by atoms with Crippen molar-refractivity contribution in [3.8, 4) is 5.75 Å². The molecule has 0 bridgehead atoms. The summed E-state index contributed by atoms with van der Waals surface area (Å²) >= 11 is 1.74. The molecule has 2 rings (SSSR count). The molecule has 0 radical (unpaired) electrons. The van der Waals surface area contributed by atoms with Gasteiger partial charge in [0.05, 0.1) is 13.2 Å². The van der Waals surface area contributed by atoms with Gasteiger partial charge in [-0.15, -0.1) is 11.8 Å². The molecule has 1 atom stereocenters. The van der Waals surface area contributed by atoms with E-state index in [-0.39, 0.29) is 0 Å². The molecule has 1 N–H and O–H groups in total. The van der Waals surface area contributed by atoms with Crippen LogP contribution in [0.15, 0.2) is 41.3 Å². The average molecular weight is 302 g/mol. The van der Waals surface area contributed by atoms with E-state index < -0.39 is 6.10 Å². The fourth-order valence-corrected chi connectivity index (χ4v) is 3.64. The van der Waals surface area contributed by atoms with Crippen molar-refractivity contribution in [3.05, 3.63) is 58.7 Å². The molecule has 2 nitrogen and oxygen atoms in total. The summed E-state index contributed by atoms with van der Waals surface area (Å²) in [5, 5.41) is 10.0. The number of aryl methyl sites for hydroxylation is 2. The minimum Gasteiger partial charge on any atom is -0.496 e. The van der Waals surface area contributed by atoms with E-state index in [2.05, 4.69) is 32.0 Å². The summed E-state index contributed by atoms with van der Waals surface area (Å²) in [5.74, 6) is 1.63. The van der Waals surface area contributed by atoms with E-state index in [0.29, 0.717) is 0 Å². The van der Waals surface area contributed by atoms with E-state index in [1.165, 1.54) is 16.7 Å². The lowest BCUT2D eigenvalue weighted by atomic mass is 10.1. The molecule has 112 valence electrons. The quantitative estimate of drug-likeness (QED) is 0.815. The number of thioether (sulfide) groups is 1. The fourth-order valence-electron chi connectivity index (χ4n) is 2.55. The zero-order valence-electron chi connectivity index (χ0n) is 13.0. The average Bonchev–Trinajstić information content (AvgIpc) is 2.43. The predicted octanol–water partition coefficient (Wildman–Crippen LogP) is 4.66. The standard InChI is InChI=1S/C18H22O2S/c1-12-8-13(2)10-15(9-12)11-21-17-7-5-6-16(20-4)18(17)14(3)19/h5-10,14,19H,11H2,1-4H3/t14-/m0/s1. The molecule has 0 aliphatic rings. The fraction of sp³-hybridized carbons (Fsp3) is 0.333. The molecule has 0 aliphatic heterocycles. The van der Waals surface area contributed by atoms with Crippen LogP contribution in [0.25, 0.3) is 0 Å². The summed E-state index contributed by atoms with van der Waals surface area (Å²) in [5.41, 5.74) is 4.74. The van der Waals surface area contributed by atoms with Crippen LogP contribution < -0.4 is 4.74 Å². The molecule has 21 heavy (non-hydrogen) atoms. The van der Waals surface area contributed by atoms with Gasteiger partial charge >= 0.3 is 0 Å². The van der Waals surface area contributed by atoms with Crippen molar-refractivity contribution in [2.75, 3.05) is 7.11 Å². The third-order valence-corrected chi connectivity index (χ3v) is 4.48. The van der Waals surface area contributed by atoms with Crippen LogP contribution in [0.5, 0.6) is 5.75 Å². The first-order valence-electron chi connectivity index (χ1n) is 7.06. The van der Waals surface area contributed by atoms with Gasteiger partial charge in [-0.3, -0.25) is 0 Å². The zero-order valence-corrected chi connectivity index (χ0v) is 13.8. The van der Waals surface area contributed by atoms with Crippen LogP contribution in [-0.2, 0) is 5.75 Å². The Balaban J connectivity index is 2.23. The number of hydrogen-bond acceptors (Lipinski definition) is 3. The van der Waals surface area contributed by atoms with Crippen LogP contribution in [0, 0.1) is 13.8 Å². The molecule has 0 aromatic heterocycles. The van der Waals surface area contributed by atoms with Crippen LogP contribution >= 0.6 is 11.8 Å². The molecule has 0 saturated carbocycles.